The minimum atomic E-state index is -4.51. The molecule has 0 saturated heterocycles. The van der Waals surface area contributed by atoms with E-state index in [0.29, 0.717) is 17.6 Å². The highest BCUT2D eigenvalue weighted by molar-refractivity contribution is 7.90. The molecule has 2 aliphatic carbocycles. The Hall–Kier alpha value is -4.17. The second-order valence-electron chi connectivity index (χ2n) is 10.7. The largest absolute Gasteiger partial charge is 0.395 e. The number of allylic oxidation sites excluding steroid dienone is 8. The quantitative estimate of drug-likeness (QED) is 0.462. The van der Waals surface area contributed by atoms with Crippen LogP contribution in [0.15, 0.2) is 87.9 Å². The van der Waals surface area contributed by atoms with Crippen molar-refractivity contribution in [2.45, 2.75) is 44.4 Å². The Morgan fingerprint density at radius 1 is 1.14 bits per heavy atom. The number of aromatic nitrogens is 1. The van der Waals surface area contributed by atoms with Crippen molar-refractivity contribution in [1.82, 2.24) is 9.88 Å². The highest BCUT2D eigenvalue weighted by Crippen LogP contribution is 2.38. The van der Waals surface area contributed by atoms with Crippen LogP contribution in [-0.2, 0) is 22.9 Å². The molecule has 7 nitrogen and oxygen atoms in total. The monoisotopic (exact) mass is 597 g/mol. The first kappa shape index (κ1) is 30.8. The van der Waals surface area contributed by atoms with Crippen LogP contribution in [0, 0.1) is 29.1 Å². The number of nitriles is 1. The molecule has 0 saturated carbocycles. The molecule has 3 unspecified atom stereocenters. The molecule has 1 aromatic heterocycles. The van der Waals surface area contributed by atoms with E-state index in [1.807, 2.05) is 13.0 Å². The highest BCUT2D eigenvalue weighted by Gasteiger charge is 2.42. The van der Waals surface area contributed by atoms with Gasteiger partial charge in [0.05, 0.1) is 16.9 Å². The molecular formula is C31H30F3N3O4S. The van der Waals surface area contributed by atoms with Crippen LogP contribution in [0.25, 0.3) is 5.57 Å². The van der Waals surface area contributed by atoms with Gasteiger partial charge in [-0.15, -0.1) is 0 Å². The van der Waals surface area contributed by atoms with Gasteiger partial charge >= 0.3 is 6.18 Å². The molecule has 42 heavy (non-hydrogen) atoms. The second-order valence-corrected chi connectivity index (χ2v) is 12.8. The molecule has 1 aromatic carbocycles. The number of alkyl halides is 3. The van der Waals surface area contributed by atoms with Gasteiger partial charge in [0.2, 0.25) is 5.43 Å². The molecule has 0 spiro atoms. The fourth-order valence-corrected chi connectivity index (χ4v) is 5.60. The van der Waals surface area contributed by atoms with Crippen molar-refractivity contribution in [3.63, 3.8) is 0 Å². The Labute approximate surface area is 242 Å². The molecule has 1 heterocycles. The zero-order valence-corrected chi connectivity index (χ0v) is 24.1. The van der Waals surface area contributed by atoms with E-state index in [1.165, 1.54) is 43.6 Å². The number of nitrogens with zero attached hydrogens (tertiary/aromatic N) is 2. The van der Waals surface area contributed by atoms with Gasteiger partial charge in [0, 0.05) is 42.9 Å². The van der Waals surface area contributed by atoms with Gasteiger partial charge in [-0.1, -0.05) is 50.3 Å². The first-order valence-corrected chi connectivity index (χ1v) is 15.1. The van der Waals surface area contributed by atoms with Crippen LogP contribution in [0.5, 0.6) is 0 Å². The van der Waals surface area contributed by atoms with E-state index in [2.05, 4.69) is 11.4 Å². The van der Waals surface area contributed by atoms with Crippen molar-refractivity contribution < 1.29 is 26.4 Å². The summed E-state index contributed by atoms with van der Waals surface area (Å²) < 4.78 is 66.2. The van der Waals surface area contributed by atoms with Gasteiger partial charge in [-0.25, -0.2) is 8.42 Å². The summed E-state index contributed by atoms with van der Waals surface area (Å²) in [6, 6.07) is 8.05. The second kappa shape index (κ2) is 12.0. The van der Waals surface area contributed by atoms with Gasteiger partial charge in [-0.05, 0) is 53.2 Å². The predicted octanol–water partition coefficient (Wildman–Crippen LogP) is 5.37. The van der Waals surface area contributed by atoms with Crippen LogP contribution < -0.4 is 10.7 Å². The number of hydrogen-bond donors (Lipinski definition) is 1. The number of pyridine rings is 1. The maximum absolute atomic E-state index is 13.7. The van der Waals surface area contributed by atoms with Crippen LogP contribution in [0.2, 0.25) is 0 Å². The summed E-state index contributed by atoms with van der Waals surface area (Å²) in [4.78, 5) is 26.9. The van der Waals surface area contributed by atoms with E-state index in [9.17, 15) is 36.4 Å². The zero-order chi connectivity index (χ0) is 30.8. The molecule has 4 rings (SSSR count). The van der Waals surface area contributed by atoms with Gasteiger partial charge in [-0.3, -0.25) is 9.59 Å². The van der Waals surface area contributed by atoms with E-state index >= 15 is 0 Å². The molecule has 0 bridgehead atoms. The minimum absolute atomic E-state index is 0.00367. The molecule has 2 aromatic rings. The van der Waals surface area contributed by atoms with Crippen LogP contribution in [0.4, 0.5) is 13.2 Å². The van der Waals surface area contributed by atoms with Crippen LogP contribution in [0.3, 0.4) is 0 Å². The van der Waals surface area contributed by atoms with Gasteiger partial charge in [0.15, 0.2) is 9.84 Å². The summed E-state index contributed by atoms with van der Waals surface area (Å²) in [6.07, 6.45) is 7.37. The molecule has 11 heteroatoms. The summed E-state index contributed by atoms with van der Waals surface area (Å²) in [5, 5.41) is 11.9. The maximum Gasteiger partial charge on any atom is 0.395 e. The van der Waals surface area contributed by atoms with Crippen LogP contribution in [-0.4, -0.2) is 31.3 Å². The number of rotatable bonds is 7. The summed E-state index contributed by atoms with van der Waals surface area (Å²) >= 11 is 0. The average molecular weight is 598 g/mol. The Kier molecular flexibility index (Phi) is 8.78. The zero-order valence-electron chi connectivity index (χ0n) is 23.3. The molecule has 0 aliphatic heterocycles. The van der Waals surface area contributed by atoms with E-state index in [-0.39, 0.29) is 40.6 Å². The number of carbonyl (C=O) groups excluding carboxylic acids is 1. The fourth-order valence-electron chi connectivity index (χ4n) is 4.97. The van der Waals surface area contributed by atoms with E-state index in [4.69, 9.17) is 0 Å². The average Bonchev–Trinajstić information content (AvgIpc) is 2.93. The third-order valence-electron chi connectivity index (χ3n) is 7.49. The van der Waals surface area contributed by atoms with Crippen molar-refractivity contribution in [3.05, 3.63) is 105 Å². The number of carbonyl (C=O) groups is 1. The Balaban J connectivity index is 1.71. The molecule has 1 amide bonds. The van der Waals surface area contributed by atoms with Gasteiger partial charge in [0.25, 0.3) is 5.91 Å². The first-order chi connectivity index (χ1) is 19.7. The predicted molar refractivity (Wildman–Crippen MR) is 153 cm³/mol. The van der Waals surface area contributed by atoms with E-state index in [1.54, 1.807) is 22.8 Å². The molecule has 0 fully saturated rings. The third-order valence-corrected chi connectivity index (χ3v) is 8.62. The molecule has 1 N–H and O–H groups in total. The lowest BCUT2D eigenvalue weighted by Gasteiger charge is -2.26. The van der Waals surface area contributed by atoms with Crippen LogP contribution in [0.1, 0.15) is 41.8 Å². The standard InChI is InChI=1S/C31H30F3N3O4S/c1-19-4-8-23(13-28(19)31(32,33)34)26-17-37(16-24-9-5-22(14-35)12-20(24)2)18-27(29(26)38)30(39)36-15-21-6-10-25(11-7-21)42(3,40)41/h4-11,13,17-20,28H,12,15-16H2,1-3H3,(H,36,39). The number of nitrogens with one attached hydrogen (secondary N) is 1. The summed E-state index contributed by atoms with van der Waals surface area (Å²) in [6.45, 7) is 3.65. The number of sulfone groups is 1. The van der Waals surface area contributed by atoms with E-state index < -0.39 is 39.2 Å². The molecular weight excluding hydrogens is 567 g/mol. The maximum atomic E-state index is 13.7. The number of amides is 1. The Bertz CT molecular complexity index is 1720. The van der Waals surface area contributed by atoms with Crippen molar-refractivity contribution in [2.75, 3.05) is 6.26 Å². The van der Waals surface area contributed by atoms with Crippen LogP contribution >= 0.6 is 0 Å². The number of benzene rings is 1. The molecule has 0 radical (unpaired) electrons. The minimum Gasteiger partial charge on any atom is -0.349 e. The van der Waals surface area contributed by atoms with Crippen molar-refractivity contribution in [3.8, 4) is 6.07 Å². The third kappa shape index (κ3) is 6.99. The van der Waals surface area contributed by atoms with Gasteiger partial charge in [0.1, 0.15) is 5.56 Å². The SMILES string of the molecule is CC1CC(C#N)=CC=C1Cn1cc(C(=O)NCc2ccc(S(C)(=O)=O)cc2)c(=O)c(C2=CC(C(F)(F)F)C(C)C=C2)c1. The molecule has 2 aliphatic rings. The molecule has 220 valence electrons. The smallest absolute Gasteiger partial charge is 0.349 e. The van der Waals surface area contributed by atoms with E-state index in [0.717, 1.165) is 17.9 Å². The first-order valence-electron chi connectivity index (χ1n) is 13.3. The summed E-state index contributed by atoms with van der Waals surface area (Å²) in [5.41, 5.74) is 1.24. The van der Waals surface area contributed by atoms with Crippen molar-refractivity contribution in [2.24, 2.45) is 17.8 Å². The normalized spacial score (nSPS) is 20.7. The summed E-state index contributed by atoms with van der Waals surface area (Å²) in [5.74, 6) is -3.32. The lowest BCUT2D eigenvalue weighted by Crippen LogP contribution is -2.32. The molecule has 3 atom stereocenters. The lowest BCUT2D eigenvalue weighted by molar-refractivity contribution is -0.168. The topological polar surface area (TPSA) is 109 Å². The van der Waals surface area contributed by atoms with Crippen molar-refractivity contribution in [1.29, 1.82) is 5.26 Å². The van der Waals surface area contributed by atoms with Crippen molar-refractivity contribution >= 4 is 21.3 Å². The Morgan fingerprint density at radius 2 is 1.83 bits per heavy atom. The Morgan fingerprint density at radius 3 is 2.43 bits per heavy atom. The highest BCUT2D eigenvalue weighted by atomic mass is 32.2. The summed E-state index contributed by atoms with van der Waals surface area (Å²) in [7, 11) is -3.39. The van der Waals surface area contributed by atoms with Gasteiger partial charge in [-0.2, -0.15) is 18.4 Å². The number of hydrogen-bond acceptors (Lipinski definition) is 5. The fraction of sp³-hybridized carbons (Fsp3) is 0.323. The van der Waals surface area contributed by atoms with Gasteiger partial charge < -0.3 is 9.88 Å². The number of halogens is 3. The lowest BCUT2D eigenvalue weighted by atomic mass is 9.84.